The normalized spacial score (nSPS) is 13.6. The van der Waals surface area contributed by atoms with Crippen LogP contribution in [0, 0.1) is 5.82 Å². The third kappa shape index (κ3) is 3.68. The Hall–Kier alpha value is -1.13. The lowest BCUT2D eigenvalue weighted by Gasteiger charge is -2.30. The van der Waals surface area contributed by atoms with Crippen LogP contribution in [-0.2, 0) is 0 Å². The van der Waals surface area contributed by atoms with E-state index >= 15 is 0 Å². The van der Waals surface area contributed by atoms with Gasteiger partial charge in [-0.1, -0.05) is 12.1 Å². The van der Waals surface area contributed by atoms with Crippen LogP contribution in [0.1, 0.15) is 32.4 Å². The van der Waals surface area contributed by atoms with Gasteiger partial charge in [0.05, 0.1) is 11.3 Å². The molecule has 17 heavy (non-hydrogen) atoms. The molecule has 0 fully saturated rings. The Morgan fingerprint density at radius 2 is 2.06 bits per heavy atom. The molecule has 0 aliphatic rings. The Morgan fingerprint density at radius 1 is 1.47 bits per heavy atom. The third-order valence-electron chi connectivity index (χ3n) is 2.51. The third-order valence-corrected chi connectivity index (χ3v) is 2.51. The van der Waals surface area contributed by atoms with Crippen molar-refractivity contribution in [3.63, 3.8) is 0 Å². The van der Waals surface area contributed by atoms with E-state index in [9.17, 15) is 9.50 Å². The van der Waals surface area contributed by atoms with Crippen molar-refractivity contribution in [3.05, 3.63) is 29.6 Å². The molecule has 0 radical (unpaired) electrons. The van der Waals surface area contributed by atoms with E-state index in [0.29, 0.717) is 12.2 Å². The molecule has 0 spiro atoms. The first kappa shape index (κ1) is 13.9. The lowest BCUT2D eigenvalue weighted by molar-refractivity contribution is 0.0884. The minimum atomic E-state index is -0.883. The van der Waals surface area contributed by atoms with Gasteiger partial charge in [-0.2, -0.15) is 0 Å². The number of nitrogens with two attached hydrogens (primary N) is 1. The number of hydrogen-bond donors (Lipinski definition) is 2. The summed E-state index contributed by atoms with van der Waals surface area (Å²) in [6, 6.07) is 4.62. The molecular formula is C13H21FN2O. The van der Waals surface area contributed by atoms with Crippen LogP contribution < -0.4 is 10.6 Å². The summed E-state index contributed by atoms with van der Waals surface area (Å²) in [4.78, 5) is 1.70. The number of rotatable bonds is 4. The maximum atomic E-state index is 13.9. The molecule has 0 aliphatic carbocycles. The zero-order valence-corrected chi connectivity index (χ0v) is 10.9. The van der Waals surface area contributed by atoms with Crippen molar-refractivity contribution >= 4 is 5.69 Å². The van der Waals surface area contributed by atoms with Crippen molar-refractivity contribution in [2.45, 2.75) is 32.4 Å². The molecule has 1 rings (SSSR count). The molecular weight excluding hydrogens is 219 g/mol. The van der Waals surface area contributed by atoms with Gasteiger partial charge in [0.25, 0.3) is 0 Å². The smallest absolute Gasteiger partial charge is 0.146 e. The van der Waals surface area contributed by atoms with Crippen LogP contribution in [0.2, 0.25) is 0 Å². The van der Waals surface area contributed by atoms with Crippen LogP contribution in [0.15, 0.2) is 18.2 Å². The summed E-state index contributed by atoms with van der Waals surface area (Å²) in [5, 5.41) is 9.77. The Balaban J connectivity index is 3.11. The van der Waals surface area contributed by atoms with E-state index in [4.69, 9.17) is 5.73 Å². The monoisotopic (exact) mass is 240 g/mol. The fourth-order valence-corrected chi connectivity index (χ4v) is 1.96. The standard InChI is InChI=1S/C13H21FN2O/c1-9(15)10-6-5-7-11(14)12(10)16(4)8-13(2,3)17/h5-7,9,17H,8,15H2,1-4H3/t9-/m1/s1. The molecule has 1 aromatic carbocycles. The molecule has 0 saturated heterocycles. The van der Waals surface area contributed by atoms with E-state index in [0.717, 1.165) is 5.56 Å². The topological polar surface area (TPSA) is 49.5 Å². The van der Waals surface area contributed by atoms with Gasteiger partial charge < -0.3 is 15.7 Å². The van der Waals surface area contributed by atoms with E-state index in [1.165, 1.54) is 6.07 Å². The first-order valence-corrected chi connectivity index (χ1v) is 5.70. The van der Waals surface area contributed by atoms with Gasteiger partial charge in [-0.05, 0) is 32.4 Å². The number of halogens is 1. The predicted molar refractivity (Wildman–Crippen MR) is 68.6 cm³/mol. The molecule has 3 N–H and O–H groups in total. The Bertz CT molecular complexity index is 385. The highest BCUT2D eigenvalue weighted by Crippen LogP contribution is 2.28. The molecule has 0 amide bonds. The summed E-state index contributed by atoms with van der Waals surface area (Å²) in [6.45, 7) is 5.54. The average molecular weight is 240 g/mol. The molecule has 0 unspecified atom stereocenters. The van der Waals surface area contributed by atoms with Crippen molar-refractivity contribution < 1.29 is 9.50 Å². The van der Waals surface area contributed by atoms with Crippen LogP contribution in [0.3, 0.4) is 0 Å². The minimum Gasteiger partial charge on any atom is -0.389 e. The highest BCUT2D eigenvalue weighted by atomic mass is 19.1. The molecule has 0 aromatic heterocycles. The highest BCUT2D eigenvalue weighted by Gasteiger charge is 2.21. The number of likely N-dealkylation sites (N-methyl/N-ethyl adjacent to an activating group) is 1. The molecule has 1 atom stereocenters. The van der Waals surface area contributed by atoms with E-state index < -0.39 is 5.60 Å². The number of para-hydroxylation sites is 1. The number of nitrogens with zero attached hydrogens (tertiary/aromatic N) is 1. The summed E-state index contributed by atoms with van der Waals surface area (Å²) in [6.07, 6.45) is 0. The molecule has 0 heterocycles. The van der Waals surface area contributed by atoms with Gasteiger partial charge in [-0.15, -0.1) is 0 Å². The zero-order chi connectivity index (χ0) is 13.2. The molecule has 0 saturated carbocycles. The van der Waals surface area contributed by atoms with Gasteiger partial charge in [0.2, 0.25) is 0 Å². The van der Waals surface area contributed by atoms with Crippen molar-refractivity contribution in [3.8, 4) is 0 Å². The van der Waals surface area contributed by atoms with E-state index in [2.05, 4.69) is 0 Å². The fourth-order valence-electron chi connectivity index (χ4n) is 1.96. The predicted octanol–water partition coefficient (Wildman–Crippen LogP) is 2.05. The summed E-state index contributed by atoms with van der Waals surface area (Å²) in [5.41, 5.74) is 6.16. The summed E-state index contributed by atoms with van der Waals surface area (Å²) in [7, 11) is 1.75. The summed E-state index contributed by atoms with van der Waals surface area (Å²) >= 11 is 0. The lowest BCUT2D eigenvalue weighted by Crippen LogP contribution is -2.37. The number of hydrogen-bond acceptors (Lipinski definition) is 3. The fraction of sp³-hybridized carbons (Fsp3) is 0.538. The van der Waals surface area contributed by atoms with Crippen molar-refractivity contribution in [2.24, 2.45) is 5.73 Å². The quantitative estimate of drug-likeness (QED) is 0.847. The van der Waals surface area contributed by atoms with E-state index in [1.807, 2.05) is 13.0 Å². The minimum absolute atomic E-state index is 0.245. The molecule has 1 aromatic rings. The zero-order valence-electron chi connectivity index (χ0n) is 10.9. The number of aliphatic hydroxyl groups is 1. The van der Waals surface area contributed by atoms with Gasteiger partial charge in [0.15, 0.2) is 0 Å². The Kier molecular flexibility index (Phi) is 4.11. The van der Waals surface area contributed by atoms with Crippen LogP contribution >= 0.6 is 0 Å². The number of anilines is 1. The first-order chi connectivity index (χ1) is 7.72. The molecule has 96 valence electrons. The molecule has 3 nitrogen and oxygen atoms in total. The Morgan fingerprint density at radius 3 is 2.53 bits per heavy atom. The van der Waals surface area contributed by atoms with Crippen LogP contribution in [0.5, 0.6) is 0 Å². The van der Waals surface area contributed by atoms with E-state index in [1.54, 1.807) is 31.9 Å². The molecule has 0 bridgehead atoms. The van der Waals surface area contributed by atoms with Crippen LogP contribution in [-0.4, -0.2) is 24.3 Å². The van der Waals surface area contributed by atoms with Crippen molar-refractivity contribution in [1.29, 1.82) is 0 Å². The maximum absolute atomic E-state index is 13.9. The van der Waals surface area contributed by atoms with Crippen LogP contribution in [0.4, 0.5) is 10.1 Å². The summed E-state index contributed by atoms with van der Waals surface area (Å²) < 4.78 is 13.9. The molecule has 4 heteroatoms. The average Bonchev–Trinajstić information content (AvgIpc) is 2.13. The van der Waals surface area contributed by atoms with Crippen LogP contribution in [0.25, 0.3) is 0 Å². The van der Waals surface area contributed by atoms with Gasteiger partial charge in [-0.3, -0.25) is 0 Å². The van der Waals surface area contributed by atoms with Gasteiger partial charge >= 0.3 is 0 Å². The first-order valence-electron chi connectivity index (χ1n) is 5.70. The van der Waals surface area contributed by atoms with Gasteiger partial charge in [0, 0.05) is 19.6 Å². The largest absolute Gasteiger partial charge is 0.389 e. The highest BCUT2D eigenvalue weighted by molar-refractivity contribution is 5.55. The second-order valence-corrected chi connectivity index (χ2v) is 5.13. The lowest BCUT2D eigenvalue weighted by atomic mass is 10.0. The number of benzene rings is 1. The maximum Gasteiger partial charge on any atom is 0.146 e. The van der Waals surface area contributed by atoms with Gasteiger partial charge in [-0.25, -0.2) is 4.39 Å². The Labute approximate surface area is 102 Å². The van der Waals surface area contributed by atoms with Gasteiger partial charge in [0.1, 0.15) is 5.82 Å². The second kappa shape index (κ2) is 5.02. The van der Waals surface area contributed by atoms with Crippen molar-refractivity contribution in [1.82, 2.24) is 0 Å². The molecule has 0 aliphatic heterocycles. The SMILES string of the molecule is C[C@@H](N)c1cccc(F)c1N(C)CC(C)(C)O. The summed E-state index contributed by atoms with van der Waals surface area (Å²) in [5.74, 6) is -0.313. The van der Waals surface area contributed by atoms with E-state index in [-0.39, 0.29) is 11.9 Å². The van der Waals surface area contributed by atoms with Crippen molar-refractivity contribution in [2.75, 3.05) is 18.5 Å². The second-order valence-electron chi connectivity index (χ2n) is 5.13.